The quantitative estimate of drug-likeness (QED) is 0.829. The Balaban J connectivity index is 2.03. The van der Waals surface area contributed by atoms with Crippen molar-refractivity contribution in [3.05, 3.63) is 11.7 Å². The SMILES string of the molecule is NC(CN1CCCC1)c1noc(C(F)(F)C(F)F)n1. The highest BCUT2D eigenvalue weighted by Crippen LogP contribution is 2.33. The molecular formula is C10H14F4N4O. The van der Waals surface area contributed by atoms with Crippen LogP contribution in [0, 0.1) is 0 Å². The zero-order valence-corrected chi connectivity index (χ0v) is 10.0. The molecule has 1 atom stereocenters. The smallest absolute Gasteiger partial charge is 0.332 e. The Morgan fingerprint density at radius 3 is 2.53 bits per heavy atom. The van der Waals surface area contributed by atoms with Crippen molar-refractivity contribution in [1.29, 1.82) is 0 Å². The lowest BCUT2D eigenvalue weighted by molar-refractivity contribution is -0.152. The van der Waals surface area contributed by atoms with Gasteiger partial charge in [-0.15, -0.1) is 0 Å². The van der Waals surface area contributed by atoms with Crippen LogP contribution in [0.15, 0.2) is 4.52 Å². The fourth-order valence-corrected chi connectivity index (χ4v) is 1.94. The summed E-state index contributed by atoms with van der Waals surface area (Å²) in [6.45, 7) is 2.12. The molecule has 0 radical (unpaired) electrons. The molecule has 1 aliphatic heterocycles. The van der Waals surface area contributed by atoms with Gasteiger partial charge in [-0.1, -0.05) is 5.16 Å². The van der Waals surface area contributed by atoms with Crippen LogP contribution in [0.1, 0.15) is 30.6 Å². The first kappa shape index (κ1) is 14.2. The molecule has 1 fully saturated rings. The summed E-state index contributed by atoms with van der Waals surface area (Å²) in [6, 6.07) is -0.732. The van der Waals surface area contributed by atoms with Crippen molar-refractivity contribution in [2.75, 3.05) is 19.6 Å². The minimum absolute atomic E-state index is 0.178. The highest BCUT2D eigenvalue weighted by atomic mass is 19.3. The number of nitrogens with two attached hydrogens (primary N) is 1. The Labute approximate surface area is 106 Å². The lowest BCUT2D eigenvalue weighted by Gasteiger charge is -2.17. The summed E-state index contributed by atoms with van der Waals surface area (Å²) in [5, 5.41) is 3.26. The van der Waals surface area contributed by atoms with E-state index >= 15 is 0 Å². The van der Waals surface area contributed by atoms with Crippen LogP contribution in [-0.2, 0) is 5.92 Å². The molecule has 1 unspecified atom stereocenters. The molecule has 5 nitrogen and oxygen atoms in total. The predicted molar refractivity (Wildman–Crippen MR) is 56.8 cm³/mol. The number of hydrogen-bond donors (Lipinski definition) is 1. The Morgan fingerprint density at radius 1 is 1.32 bits per heavy atom. The zero-order chi connectivity index (χ0) is 14.0. The second kappa shape index (κ2) is 5.41. The summed E-state index contributed by atoms with van der Waals surface area (Å²) in [5.74, 6) is -6.02. The second-order valence-corrected chi connectivity index (χ2v) is 4.50. The molecule has 0 saturated carbocycles. The van der Waals surface area contributed by atoms with Crippen molar-refractivity contribution >= 4 is 0 Å². The molecule has 19 heavy (non-hydrogen) atoms. The Morgan fingerprint density at radius 2 is 1.95 bits per heavy atom. The molecule has 108 valence electrons. The van der Waals surface area contributed by atoms with E-state index in [9.17, 15) is 17.6 Å². The van der Waals surface area contributed by atoms with E-state index in [0.717, 1.165) is 25.9 Å². The van der Waals surface area contributed by atoms with E-state index in [-0.39, 0.29) is 5.82 Å². The van der Waals surface area contributed by atoms with Crippen LogP contribution in [0.4, 0.5) is 17.6 Å². The van der Waals surface area contributed by atoms with E-state index in [1.165, 1.54) is 0 Å². The summed E-state index contributed by atoms with van der Waals surface area (Å²) in [5.41, 5.74) is 5.75. The Kier molecular flexibility index (Phi) is 4.04. The molecule has 0 amide bonds. The number of nitrogens with zero attached hydrogens (tertiary/aromatic N) is 3. The maximum atomic E-state index is 13.0. The summed E-state index contributed by atoms with van der Waals surface area (Å²) in [6.07, 6.45) is -1.79. The summed E-state index contributed by atoms with van der Waals surface area (Å²) < 4.78 is 54.4. The third-order valence-corrected chi connectivity index (χ3v) is 2.99. The summed E-state index contributed by atoms with van der Waals surface area (Å²) in [7, 11) is 0. The summed E-state index contributed by atoms with van der Waals surface area (Å²) in [4.78, 5) is 5.32. The van der Waals surface area contributed by atoms with E-state index in [2.05, 4.69) is 14.7 Å². The van der Waals surface area contributed by atoms with Crippen molar-refractivity contribution in [3.63, 3.8) is 0 Å². The predicted octanol–water partition coefficient (Wildman–Crippen LogP) is 1.52. The van der Waals surface area contributed by atoms with Crippen LogP contribution >= 0.6 is 0 Å². The van der Waals surface area contributed by atoms with Gasteiger partial charge in [-0.05, 0) is 25.9 Å². The number of likely N-dealkylation sites (tertiary alicyclic amines) is 1. The van der Waals surface area contributed by atoms with Crippen molar-refractivity contribution < 1.29 is 22.1 Å². The molecule has 0 aromatic carbocycles. The van der Waals surface area contributed by atoms with Crippen molar-refractivity contribution in [1.82, 2.24) is 15.0 Å². The zero-order valence-electron chi connectivity index (χ0n) is 10.0. The fourth-order valence-electron chi connectivity index (χ4n) is 1.94. The lowest BCUT2D eigenvalue weighted by Crippen LogP contribution is -2.30. The van der Waals surface area contributed by atoms with Gasteiger partial charge in [-0.3, -0.25) is 0 Å². The third kappa shape index (κ3) is 3.03. The highest BCUT2D eigenvalue weighted by molar-refractivity contribution is 4.99. The van der Waals surface area contributed by atoms with Gasteiger partial charge in [0.1, 0.15) is 0 Å². The van der Waals surface area contributed by atoms with Gasteiger partial charge in [0.15, 0.2) is 5.82 Å². The first-order valence-corrected chi connectivity index (χ1v) is 5.89. The van der Waals surface area contributed by atoms with E-state index in [0.29, 0.717) is 6.54 Å². The third-order valence-electron chi connectivity index (χ3n) is 2.99. The van der Waals surface area contributed by atoms with Crippen LogP contribution in [0.2, 0.25) is 0 Å². The Bertz CT molecular complexity index is 419. The molecule has 2 N–H and O–H groups in total. The first-order chi connectivity index (χ1) is 8.91. The van der Waals surface area contributed by atoms with Crippen LogP contribution in [-0.4, -0.2) is 41.1 Å². The molecule has 2 heterocycles. The van der Waals surface area contributed by atoms with Gasteiger partial charge < -0.3 is 15.2 Å². The number of alkyl halides is 4. The average Bonchev–Trinajstić information content (AvgIpc) is 2.98. The number of hydrogen-bond acceptors (Lipinski definition) is 5. The molecule has 0 spiro atoms. The van der Waals surface area contributed by atoms with Gasteiger partial charge in [0.05, 0.1) is 6.04 Å². The van der Waals surface area contributed by atoms with Crippen molar-refractivity contribution in [2.24, 2.45) is 5.73 Å². The van der Waals surface area contributed by atoms with Crippen LogP contribution in [0.3, 0.4) is 0 Å². The topological polar surface area (TPSA) is 68.2 Å². The van der Waals surface area contributed by atoms with Gasteiger partial charge in [-0.25, -0.2) is 8.78 Å². The highest BCUT2D eigenvalue weighted by Gasteiger charge is 2.48. The molecule has 1 aliphatic rings. The molecule has 1 aromatic rings. The van der Waals surface area contributed by atoms with Crippen molar-refractivity contribution in [2.45, 2.75) is 31.2 Å². The van der Waals surface area contributed by atoms with Crippen LogP contribution in [0.5, 0.6) is 0 Å². The van der Waals surface area contributed by atoms with E-state index in [1.807, 2.05) is 4.90 Å². The maximum absolute atomic E-state index is 13.0. The fraction of sp³-hybridized carbons (Fsp3) is 0.800. The van der Waals surface area contributed by atoms with E-state index < -0.39 is 24.3 Å². The largest absolute Gasteiger partial charge is 0.383 e. The number of rotatable bonds is 5. The van der Waals surface area contributed by atoms with Crippen LogP contribution in [0.25, 0.3) is 0 Å². The first-order valence-electron chi connectivity index (χ1n) is 5.89. The number of halogens is 4. The van der Waals surface area contributed by atoms with Gasteiger partial charge in [0, 0.05) is 6.54 Å². The normalized spacial score (nSPS) is 19.3. The second-order valence-electron chi connectivity index (χ2n) is 4.50. The maximum Gasteiger partial charge on any atom is 0.383 e. The van der Waals surface area contributed by atoms with Gasteiger partial charge in [0.2, 0.25) is 0 Å². The minimum Gasteiger partial charge on any atom is -0.332 e. The molecule has 0 bridgehead atoms. The molecular weight excluding hydrogens is 268 g/mol. The average molecular weight is 282 g/mol. The van der Waals surface area contributed by atoms with Crippen LogP contribution < -0.4 is 5.73 Å². The molecule has 1 saturated heterocycles. The van der Waals surface area contributed by atoms with E-state index in [4.69, 9.17) is 5.73 Å². The molecule has 1 aromatic heterocycles. The standard InChI is InChI=1S/C10H14F4N4O/c11-8(12)10(13,14)9-16-7(17-19-9)6(15)5-18-3-1-2-4-18/h6,8H,1-5,15H2. The number of aromatic nitrogens is 2. The lowest BCUT2D eigenvalue weighted by atomic mass is 10.2. The van der Waals surface area contributed by atoms with Crippen molar-refractivity contribution in [3.8, 4) is 0 Å². The molecule has 2 rings (SSSR count). The molecule has 9 heteroatoms. The van der Waals surface area contributed by atoms with Gasteiger partial charge >= 0.3 is 18.2 Å². The monoisotopic (exact) mass is 282 g/mol. The van der Waals surface area contributed by atoms with Gasteiger partial charge in [0.25, 0.3) is 0 Å². The molecule has 0 aliphatic carbocycles. The van der Waals surface area contributed by atoms with E-state index in [1.54, 1.807) is 0 Å². The summed E-state index contributed by atoms with van der Waals surface area (Å²) >= 11 is 0. The van der Waals surface area contributed by atoms with Gasteiger partial charge in [-0.2, -0.15) is 13.8 Å². The Hall–Kier alpha value is -1.22. The minimum atomic E-state index is -4.45.